The number of ether oxygens (including phenoxy) is 1. The Morgan fingerprint density at radius 1 is 0.960 bits per heavy atom. The molecule has 1 heterocycles. The van der Waals surface area contributed by atoms with Crippen LogP contribution in [-0.2, 0) is 14.6 Å². The number of amides is 1. The van der Waals surface area contributed by atoms with Crippen LogP contribution in [0.25, 0.3) is 0 Å². The highest BCUT2D eigenvalue weighted by Crippen LogP contribution is 2.18. The predicted octanol–water partition coefficient (Wildman–Crippen LogP) is 4.43. The first-order valence-electron chi connectivity index (χ1n) is 9.72. The minimum Gasteiger partial charge on any atom is -0.450 e. The van der Waals surface area contributed by atoms with Crippen LogP contribution in [0.1, 0.15) is 77.6 Å². The molecule has 0 saturated carbocycles. The average Bonchev–Trinajstić information content (AvgIpc) is 2.80. The van der Waals surface area contributed by atoms with Gasteiger partial charge >= 0.3 is 6.09 Å². The Labute approximate surface area is 158 Å². The van der Waals surface area contributed by atoms with Gasteiger partial charge in [0.2, 0.25) is 0 Å². The summed E-state index contributed by atoms with van der Waals surface area (Å²) in [4.78, 5) is 11.7. The van der Waals surface area contributed by atoms with Crippen molar-refractivity contribution in [2.45, 2.75) is 89.0 Å². The third-order valence-electron chi connectivity index (χ3n) is 4.57. The predicted molar refractivity (Wildman–Crippen MR) is 103 cm³/mol. The van der Waals surface area contributed by atoms with Crippen molar-refractivity contribution < 1.29 is 17.9 Å². The van der Waals surface area contributed by atoms with Crippen molar-refractivity contribution in [1.29, 1.82) is 0 Å². The molecular formula is C18H34ClNO4S. The van der Waals surface area contributed by atoms with E-state index in [4.69, 9.17) is 16.3 Å². The standard InChI is InChI=1S/C18H34ClNO4S/c1-2-3-4-5-6-7-8-9-10-11-12-13-24-18(21)20-17-15-25(22,23)14-16(17)19/h16-17H,2-15H2,1H3,(H,20,21). The van der Waals surface area contributed by atoms with E-state index in [1.165, 1.54) is 57.8 Å². The van der Waals surface area contributed by atoms with Gasteiger partial charge in [-0.25, -0.2) is 13.2 Å². The molecule has 0 spiro atoms. The van der Waals surface area contributed by atoms with E-state index >= 15 is 0 Å². The van der Waals surface area contributed by atoms with E-state index in [-0.39, 0.29) is 11.5 Å². The summed E-state index contributed by atoms with van der Waals surface area (Å²) < 4.78 is 28.0. The molecule has 0 aromatic heterocycles. The van der Waals surface area contributed by atoms with Gasteiger partial charge < -0.3 is 10.1 Å². The summed E-state index contributed by atoms with van der Waals surface area (Å²) in [6, 6.07) is -0.545. The topological polar surface area (TPSA) is 72.5 Å². The number of hydrogen-bond donors (Lipinski definition) is 1. The Balaban J connectivity index is 1.90. The summed E-state index contributed by atoms with van der Waals surface area (Å²) in [5, 5.41) is 1.98. The van der Waals surface area contributed by atoms with Crippen molar-refractivity contribution in [2.75, 3.05) is 18.1 Å². The van der Waals surface area contributed by atoms with Crippen molar-refractivity contribution in [3.05, 3.63) is 0 Å². The number of alkyl halides is 1. The maximum absolute atomic E-state index is 11.7. The monoisotopic (exact) mass is 395 g/mol. The summed E-state index contributed by atoms with van der Waals surface area (Å²) in [6.45, 7) is 2.61. The van der Waals surface area contributed by atoms with Crippen LogP contribution in [0.5, 0.6) is 0 Å². The number of carbonyl (C=O) groups excluding carboxylic acids is 1. The largest absolute Gasteiger partial charge is 0.450 e. The van der Waals surface area contributed by atoms with Gasteiger partial charge in [-0.1, -0.05) is 71.1 Å². The van der Waals surface area contributed by atoms with Gasteiger partial charge in [0.05, 0.1) is 29.5 Å². The Morgan fingerprint density at radius 2 is 1.48 bits per heavy atom. The third kappa shape index (κ3) is 11.0. The van der Waals surface area contributed by atoms with Crippen molar-refractivity contribution in [1.82, 2.24) is 5.32 Å². The number of rotatable bonds is 13. The molecule has 0 aromatic carbocycles. The first-order chi connectivity index (χ1) is 11.9. The molecule has 5 nitrogen and oxygen atoms in total. The zero-order chi connectivity index (χ0) is 18.5. The van der Waals surface area contributed by atoms with Crippen LogP contribution >= 0.6 is 11.6 Å². The minimum absolute atomic E-state index is 0.0852. The molecule has 1 aliphatic rings. The molecule has 7 heteroatoms. The van der Waals surface area contributed by atoms with Gasteiger partial charge in [-0.05, 0) is 6.42 Å². The van der Waals surface area contributed by atoms with Crippen LogP contribution in [0, 0.1) is 0 Å². The number of nitrogens with one attached hydrogen (secondary N) is 1. The smallest absolute Gasteiger partial charge is 0.407 e. The molecule has 1 fully saturated rings. The number of alkyl carbamates (subject to hydrolysis) is 1. The van der Waals surface area contributed by atoms with Crippen molar-refractivity contribution >= 4 is 27.5 Å². The van der Waals surface area contributed by atoms with Gasteiger partial charge in [-0.3, -0.25) is 0 Å². The molecule has 2 unspecified atom stereocenters. The number of hydrogen-bond acceptors (Lipinski definition) is 4. The fourth-order valence-electron chi connectivity index (χ4n) is 3.06. The summed E-state index contributed by atoms with van der Waals surface area (Å²) >= 11 is 5.94. The lowest BCUT2D eigenvalue weighted by Gasteiger charge is -2.14. The summed E-state index contributed by atoms with van der Waals surface area (Å²) in [5.41, 5.74) is 0. The Bertz CT molecular complexity index is 470. The molecule has 148 valence electrons. The first-order valence-corrected chi connectivity index (χ1v) is 12.0. The number of halogens is 1. The van der Waals surface area contributed by atoms with E-state index in [0.29, 0.717) is 6.61 Å². The molecular weight excluding hydrogens is 362 g/mol. The van der Waals surface area contributed by atoms with E-state index in [1.54, 1.807) is 0 Å². The van der Waals surface area contributed by atoms with Crippen LogP contribution in [-0.4, -0.2) is 44.0 Å². The molecule has 1 amide bonds. The van der Waals surface area contributed by atoms with E-state index < -0.39 is 27.3 Å². The lowest BCUT2D eigenvalue weighted by atomic mass is 10.1. The molecule has 1 aliphatic heterocycles. The Hall–Kier alpha value is -0.490. The normalized spacial score (nSPS) is 22.0. The highest BCUT2D eigenvalue weighted by atomic mass is 35.5. The van der Waals surface area contributed by atoms with Gasteiger partial charge in [0.15, 0.2) is 9.84 Å². The average molecular weight is 396 g/mol. The minimum atomic E-state index is -3.14. The maximum atomic E-state index is 11.7. The van der Waals surface area contributed by atoms with Gasteiger partial charge in [-0.2, -0.15) is 0 Å². The van der Waals surface area contributed by atoms with Crippen LogP contribution in [0.3, 0.4) is 0 Å². The molecule has 1 saturated heterocycles. The number of carbonyl (C=O) groups is 1. The van der Waals surface area contributed by atoms with Crippen molar-refractivity contribution in [2.24, 2.45) is 0 Å². The molecule has 0 aromatic rings. The van der Waals surface area contributed by atoms with E-state index in [1.807, 2.05) is 0 Å². The highest BCUT2D eigenvalue weighted by molar-refractivity contribution is 7.91. The number of unbranched alkanes of at least 4 members (excludes halogenated alkanes) is 10. The lowest BCUT2D eigenvalue weighted by Crippen LogP contribution is -2.41. The lowest BCUT2D eigenvalue weighted by molar-refractivity contribution is 0.141. The maximum Gasteiger partial charge on any atom is 0.407 e. The Morgan fingerprint density at radius 3 is 1.96 bits per heavy atom. The second kappa shape index (κ2) is 12.8. The van der Waals surface area contributed by atoms with Crippen molar-refractivity contribution in [3.8, 4) is 0 Å². The second-order valence-electron chi connectivity index (χ2n) is 7.02. The van der Waals surface area contributed by atoms with Gasteiger partial charge in [0.1, 0.15) is 0 Å². The van der Waals surface area contributed by atoms with Crippen LogP contribution in [0.4, 0.5) is 4.79 Å². The van der Waals surface area contributed by atoms with Gasteiger partial charge in [0.25, 0.3) is 0 Å². The fraction of sp³-hybridized carbons (Fsp3) is 0.944. The summed E-state index contributed by atoms with van der Waals surface area (Å²) in [7, 11) is -3.14. The third-order valence-corrected chi connectivity index (χ3v) is 6.94. The molecule has 2 atom stereocenters. The summed E-state index contributed by atoms with van der Waals surface area (Å²) in [6.07, 6.45) is 13.1. The fourth-order valence-corrected chi connectivity index (χ4v) is 5.61. The van der Waals surface area contributed by atoms with E-state index in [2.05, 4.69) is 12.2 Å². The molecule has 1 N–H and O–H groups in total. The Kier molecular flexibility index (Phi) is 11.5. The molecule has 0 aliphatic carbocycles. The van der Waals surface area contributed by atoms with Crippen LogP contribution in [0.15, 0.2) is 0 Å². The van der Waals surface area contributed by atoms with Crippen molar-refractivity contribution in [3.63, 3.8) is 0 Å². The second-order valence-corrected chi connectivity index (χ2v) is 9.73. The zero-order valence-electron chi connectivity index (χ0n) is 15.5. The summed E-state index contributed by atoms with van der Waals surface area (Å²) in [5.74, 6) is -0.188. The SMILES string of the molecule is CCCCCCCCCCCCCOC(=O)NC1CS(=O)(=O)CC1Cl. The zero-order valence-corrected chi connectivity index (χ0v) is 17.0. The molecule has 25 heavy (non-hydrogen) atoms. The highest BCUT2D eigenvalue weighted by Gasteiger charge is 2.37. The van der Waals surface area contributed by atoms with Crippen LogP contribution in [0.2, 0.25) is 0 Å². The van der Waals surface area contributed by atoms with Crippen LogP contribution < -0.4 is 5.32 Å². The van der Waals surface area contributed by atoms with E-state index in [9.17, 15) is 13.2 Å². The quantitative estimate of drug-likeness (QED) is 0.370. The molecule has 0 bridgehead atoms. The van der Waals surface area contributed by atoms with E-state index in [0.717, 1.165) is 12.8 Å². The first kappa shape index (κ1) is 22.6. The van der Waals surface area contributed by atoms with Gasteiger partial charge in [0, 0.05) is 0 Å². The van der Waals surface area contributed by atoms with Gasteiger partial charge in [-0.15, -0.1) is 11.6 Å². The molecule has 1 rings (SSSR count). The molecule has 0 radical (unpaired) electrons. The number of sulfone groups is 1.